The fourth-order valence-corrected chi connectivity index (χ4v) is 3.63. The summed E-state index contributed by atoms with van der Waals surface area (Å²) in [5, 5.41) is 1.94. The molecule has 0 spiro atoms. The van der Waals surface area contributed by atoms with E-state index >= 15 is 0 Å². The molecule has 1 fully saturated rings. The van der Waals surface area contributed by atoms with Gasteiger partial charge in [0.1, 0.15) is 0 Å². The van der Waals surface area contributed by atoms with Gasteiger partial charge in [0.05, 0.1) is 17.4 Å². The summed E-state index contributed by atoms with van der Waals surface area (Å²) < 4.78 is 2.27. The molecule has 3 aromatic rings. The van der Waals surface area contributed by atoms with Crippen molar-refractivity contribution in [2.75, 3.05) is 6.54 Å². The van der Waals surface area contributed by atoms with E-state index in [1.165, 1.54) is 29.5 Å². The average molecular weight is 348 g/mol. The number of hydrogen-bond acceptors (Lipinski definition) is 2. The molecule has 1 aliphatic heterocycles. The molecule has 1 aliphatic carbocycles. The van der Waals surface area contributed by atoms with Gasteiger partial charge in [0.15, 0.2) is 0 Å². The third-order valence-corrected chi connectivity index (χ3v) is 5.22. The molecule has 1 aromatic carbocycles. The number of aromatic nitrogens is 2. The van der Waals surface area contributed by atoms with E-state index in [4.69, 9.17) is 11.6 Å². The maximum absolute atomic E-state index is 6.08. The van der Waals surface area contributed by atoms with Crippen LogP contribution < -0.4 is 0 Å². The van der Waals surface area contributed by atoms with Gasteiger partial charge in [-0.1, -0.05) is 17.7 Å². The van der Waals surface area contributed by atoms with Gasteiger partial charge in [0.25, 0.3) is 0 Å². The standard InChI is InChI=1S/C21H18ClN3/c22-17-1-3-19(4-2-17)25-20(13-16-7-10-23-14-21(16)25)15-8-11-24(12-9-15)18-5-6-18/h1-4,7-11,13-14,18H,5-6,12H2. The normalized spacial score (nSPS) is 17.2. The van der Waals surface area contributed by atoms with Crippen molar-refractivity contribution in [3.05, 3.63) is 77.9 Å². The highest BCUT2D eigenvalue weighted by molar-refractivity contribution is 6.30. The van der Waals surface area contributed by atoms with E-state index in [1.807, 2.05) is 24.5 Å². The number of pyridine rings is 1. The van der Waals surface area contributed by atoms with Gasteiger partial charge in [-0.3, -0.25) is 4.98 Å². The Bertz CT molecular complexity index is 994. The van der Waals surface area contributed by atoms with Crippen LogP contribution in [-0.2, 0) is 0 Å². The van der Waals surface area contributed by atoms with E-state index in [-0.39, 0.29) is 0 Å². The second-order valence-corrected chi connectivity index (χ2v) is 7.12. The highest BCUT2D eigenvalue weighted by Crippen LogP contribution is 2.33. The molecular formula is C21H18ClN3. The lowest BCUT2D eigenvalue weighted by molar-refractivity contribution is 0.403. The van der Waals surface area contributed by atoms with Gasteiger partial charge in [-0.05, 0) is 60.9 Å². The van der Waals surface area contributed by atoms with E-state index in [2.05, 4.69) is 57.1 Å². The molecule has 5 rings (SSSR count). The number of halogens is 1. The van der Waals surface area contributed by atoms with Gasteiger partial charge >= 0.3 is 0 Å². The SMILES string of the molecule is Clc1ccc(-n2c(C3=CCN(C4CC4)C=C3)cc3ccncc32)cc1. The van der Waals surface area contributed by atoms with Gasteiger partial charge < -0.3 is 9.47 Å². The minimum absolute atomic E-state index is 0.747. The van der Waals surface area contributed by atoms with E-state index in [1.54, 1.807) is 0 Å². The maximum Gasteiger partial charge on any atom is 0.0718 e. The van der Waals surface area contributed by atoms with Crippen LogP contribution >= 0.6 is 11.6 Å². The molecule has 124 valence electrons. The van der Waals surface area contributed by atoms with Crippen molar-refractivity contribution < 1.29 is 0 Å². The molecule has 0 amide bonds. The summed E-state index contributed by atoms with van der Waals surface area (Å²) in [7, 11) is 0. The second-order valence-electron chi connectivity index (χ2n) is 6.68. The number of fused-ring (bicyclic) bond motifs is 1. The van der Waals surface area contributed by atoms with Crippen molar-refractivity contribution in [1.82, 2.24) is 14.5 Å². The van der Waals surface area contributed by atoms with Gasteiger partial charge in [-0.25, -0.2) is 0 Å². The summed E-state index contributed by atoms with van der Waals surface area (Å²) in [6, 6.07) is 13.0. The second kappa shape index (κ2) is 5.78. The van der Waals surface area contributed by atoms with Crippen LogP contribution in [0.4, 0.5) is 0 Å². The van der Waals surface area contributed by atoms with Crippen LogP contribution in [0.25, 0.3) is 22.2 Å². The van der Waals surface area contributed by atoms with Crippen LogP contribution in [0.5, 0.6) is 0 Å². The monoisotopic (exact) mass is 347 g/mol. The minimum Gasteiger partial charge on any atom is -0.371 e. The zero-order valence-corrected chi connectivity index (χ0v) is 14.5. The van der Waals surface area contributed by atoms with Crippen LogP contribution in [0.2, 0.25) is 5.02 Å². The summed E-state index contributed by atoms with van der Waals surface area (Å²) in [5.41, 5.74) is 4.65. The molecule has 0 atom stereocenters. The molecule has 3 heterocycles. The smallest absolute Gasteiger partial charge is 0.0718 e. The van der Waals surface area contributed by atoms with Crippen molar-refractivity contribution in [3.63, 3.8) is 0 Å². The molecule has 2 aliphatic rings. The Morgan fingerprint density at radius 3 is 2.64 bits per heavy atom. The van der Waals surface area contributed by atoms with Crippen LogP contribution in [0, 0.1) is 0 Å². The summed E-state index contributed by atoms with van der Waals surface area (Å²) in [5.74, 6) is 0. The molecule has 2 aromatic heterocycles. The molecule has 3 nitrogen and oxygen atoms in total. The van der Waals surface area contributed by atoms with E-state index in [9.17, 15) is 0 Å². The summed E-state index contributed by atoms with van der Waals surface area (Å²) in [6.45, 7) is 0.983. The summed E-state index contributed by atoms with van der Waals surface area (Å²) >= 11 is 6.08. The predicted molar refractivity (Wildman–Crippen MR) is 103 cm³/mol. The first-order valence-corrected chi connectivity index (χ1v) is 9.03. The molecule has 4 heteroatoms. The van der Waals surface area contributed by atoms with Crippen molar-refractivity contribution in [2.24, 2.45) is 0 Å². The number of hydrogen-bond donors (Lipinski definition) is 0. The van der Waals surface area contributed by atoms with Crippen molar-refractivity contribution in [1.29, 1.82) is 0 Å². The summed E-state index contributed by atoms with van der Waals surface area (Å²) in [6.07, 6.45) is 13.2. The highest BCUT2D eigenvalue weighted by atomic mass is 35.5. The van der Waals surface area contributed by atoms with Crippen molar-refractivity contribution >= 4 is 28.1 Å². The van der Waals surface area contributed by atoms with Gasteiger partial charge in [0.2, 0.25) is 0 Å². The van der Waals surface area contributed by atoms with Crippen molar-refractivity contribution in [3.8, 4) is 5.69 Å². The quantitative estimate of drug-likeness (QED) is 0.660. The highest BCUT2D eigenvalue weighted by Gasteiger charge is 2.27. The fraction of sp³-hybridized carbons (Fsp3) is 0.190. The Labute approximate surface area is 151 Å². The van der Waals surface area contributed by atoms with Gasteiger partial charge in [-0.15, -0.1) is 0 Å². The lowest BCUT2D eigenvalue weighted by atomic mass is 10.1. The molecule has 0 saturated heterocycles. The first-order chi connectivity index (χ1) is 12.3. The predicted octanol–water partition coefficient (Wildman–Crippen LogP) is 5.05. The van der Waals surface area contributed by atoms with Crippen LogP contribution in [-0.4, -0.2) is 27.0 Å². The molecular weight excluding hydrogens is 330 g/mol. The van der Waals surface area contributed by atoms with Crippen LogP contribution in [0.15, 0.2) is 67.1 Å². The Balaban J connectivity index is 1.64. The summed E-state index contributed by atoms with van der Waals surface area (Å²) in [4.78, 5) is 6.76. The van der Waals surface area contributed by atoms with Gasteiger partial charge in [-0.2, -0.15) is 0 Å². The zero-order chi connectivity index (χ0) is 16.8. The third-order valence-electron chi connectivity index (χ3n) is 4.97. The molecule has 0 N–H and O–H groups in total. The minimum atomic E-state index is 0.747. The van der Waals surface area contributed by atoms with E-state index in [0.717, 1.165) is 28.8 Å². The number of allylic oxidation sites excluding steroid dienone is 2. The van der Waals surface area contributed by atoms with Crippen LogP contribution in [0.1, 0.15) is 18.5 Å². The Morgan fingerprint density at radius 2 is 1.92 bits per heavy atom. The number of rotatable bonds is 3. The molecule has 25 heavy (non-hydrogen) atoms. The average Bonchev–Trinajstić information content (AvgIpc) is 3.43. The maximum atomic E-state index is 6.08. The van der Waals surface area contributed by atoms with Crippen LogP contribution in [0.3, 0.4) is 0 Å². The Morgan fingerprint density at radius 1 is 1.08 bits per heavy atom. The first-order valence-electron chi connectivity index (χ1n) is 8.65. The molecule has 0 radical (unpaired) electrons. The van der Waals surface area contributed by atoms with Gasteiger partial charge in [0, 0.05) is 41.1 Å². The number of nitrogens with zero attached hydrogens (tertiary/aromatic N) is 3. The lowest BCUT2D eigenvalue weighted by Crippen LogP contribution is -2.22. The van der Waals surface area contributed by atoms with E-state index < -0.39 is 0 Å². The Hall–Kier alpha value is -2.52. The first kappa shape index (κ1) is 14.8. The molecule has 0 unspecified atom stereocenters. The van der Waals surface area contributed by atoms with E-state index in [0.29, 0.717) is 0 Å². The third kappa shape index (κ3) is 2.65. The molecule has 0 bridgehead atoms. The number of benzene rings is 1. The molecule has 1 saturated carbocycles. The van der Waals surface area contributed by atoms with Crippen molar-refractivity contribution in [2.45, 2.75) is 18.9 Å². The topological polar surface area (TPSA) is 21.1 Å². The largest absolute Gasteiger partial charge is 0.371 e. The fourth-order valence-electron chi connectivity index (χ4n) is 3.50. The lowest BCUT2D eigenvalue weighted by Gasteiger charge is -2.23. The Kier molecular flexibility index (Phi) is 3.42. The zero-order valence-electron chi connectivity index (χ0n) is 13.8.